The highest BCUT2D eigenvalue weighted by atomic mass is 16.4. The third-order valence-corrected chi connectivity index (χ3v) is 6.23. The molecule has 0 unspecified atom stereocenters. The van der Waals surface area contributed by atoms with Gasteiger partial charge in [0.25, 0.3) is 0 Å². The van der Waals surface area contributed by atoms with E-state index in [2.05, 4.69) is 31.3 Å². The number of aliphatic carboxylic acids is 1. The van der Waals surface area contributed by atoms with Crippen molar-refractivity contribution in [3.63, 3.8) is 0 Å². The zero-order valence-corrected chi connectivity index (χ0v) is 25.3. The first-order valence-corrected chi connectivity index (χ1v) is 14.4. The van der Waals surface area contributed by atoms with Crippen molar-refractivity contribution in [2.24, 2.45) is 50.1 Å². The molecule has 0 radical (unpaired) electrons. The van der Waals surface area contributed by atoms with E-state index in [1.54, 1.807) is 0 Å². The number of hydrogen-bond donors (Lipinski definition) is 12. The third kappa shape index (κ3) is 19.2. The zero-order valence-electron chi connectivity index (χ0n) is 25.3. The van der Waals surface area contributed by atoms with E-state index < -0.39 is 66.2 Å². The van der Waals surface area contributed by atoms with E-state index in [1.807, 2.05) is 0 Å². The quantitative estimate of drug-likeness (QED) is 0.0265. The molecule has 19 N–H and O–H groups in total. The number of unbranched alkanes of at least 4 members (excludes halogenated alkanes) is 1. The summed E-state index contributed by atoms with van der Waals surface area (Å²) >= 11 is 0. The molecular formula is C25H49N13O7. The second kappa shape index (κ2) is 22.8. The third-order valence-electron chi connectivity index (χ3n) is 6.23. The minimum Gasteiger partial charge on any atom is -0.480 e. The number of guanidine groups is 2. The van der Waals surface area contributed by atoms with Crippen molar-refractivity contribution in [2.75, 3.05) is 26.2 Å². The van der Waals surface area contributed by atoms with E-state index >= 15 is 0 Å². The summed E-state index contributed by atoms with van der Waals surface area (Å²) in [6, 6.07) is -4.99. The molecule has 0 aromatic heterocycles. The Hall–Kier alpha value is -4.72. The predicted molar refractivity (Wildman–Crippen MR) is 166 cm³/mol. The number of carboxylic acids is 1. The Kier molecular flexibility index (Phi) is 20.4. The first-order valence-electron chi connectivity index (χ1n) is 14.4. The topological polar surface area (TPSA) is 378 Å². The number of carboxylic acid groups (broad SMARTS) is 1. The fourth-order valence-electron chi connectivity index (χ4n) is 3.92. The van der Waals surface area contributed by atoms with Gasteiger partial charge >= 0.3 is 5.97 Å². The molecule has 45 heavy (non-hydrogen) atoms. The van der Waals surface area contributed by atoms with Gasteiger partial charge in [-0.25, -0.2) is 4.79 Å². The number of carbonyl (C=O) groups excluding carboxylic acids is 5. The van der Waals surface area contributed by atoms with Crippen LogP contribution < -0.4 is 61.4 Å². The number of nitrogens with one attached hydrogen (secondary N) is 4. The SMILES string of the molecule is NCCCC[C@H](NC(=O)[C@H](CCC(N)=O)NC(=O)CN)C(=O)N[C@@H](CCCN=C(N)N)C(=O)N[C@@H](CCCN=C(N)N)C(=O)O. The van der Waals surface area contributed by atoms with Crippen molar-refractivity contribution >= 4 is 47.4 Å². The monoisotopic (exact) mass is 643 g/mol. The summed E-state index contributed by atoms with van der Waals surface area (Å²) in [4.78, 5) is 82.4. The van der Waals surface area contributed by atoms with Crippen molar-refractivity contribution < 1.29 is 33.9 Å². The number of primary amides is 1. The van der Waals surface area contributed by atoms with Gasteiger partial charge in [0.15, 0.2) is 11.9 Å². The van der Waals surface area contributed by atoms with E-state index in [1.165, 1.54) is 0 Å². The highest BCUT2D eigenvalue weighted by molar-refractivity contribution is 5.95. The van der Waals surface area contributed by atoms with Gasteiger partial charge in [-0.3, -0.25) is 34.0 Å². The standard InChI is InChI=1S/C25H49N13O7/c26-10-2-1-5-14(36-22(43)16(8-9-18(28)39)35-19(40)13-27)20(41)37-15(6-3-11-33-24(29)30)21(42)38-17(23(44)45)7-4-12-34-25(31)32/h14-17H,1-13,26-27H2,(H2,28,39)(H,35,40)(H,36,43)(H,37,41)(H,38,42)(H,44,45)(H4,29,30,33)(H4,31,32,34)/t14-,15-,16-,17-/m0/s1. The number of nitrogens with two attached hydrogens (primary N) is 7. The number of amides is 5. The van der Waals surface area contributed by atoms with Crippen LogP contribution in [0.25, 0.3) is 0 Å². The maximum atomic E-state index is 13.4. The summed E-state index contributed by atoms with van der Waals surface area (Å²) in [7, 11) is 0. The van der Waals surface area contributed by atoms with E-state index in [-0.39, 0.29) is 70.0 Å². The summed E-state index contributed by atoms with van der Waals surface area (Å²) < 4.78 is 0. The lowest BCUT2D eigenvalue weighted by Gasteiger charge is -2.26. The molecule has 0 rings (SSSR count). The average molecular weight is 644 g/mol. The summed E-state index contributed by atoms with van der Waals surface area (Å²) in [5.74, 6) is -5.39. The molecule has 0 aromatic rings. The van der Waals surface area contributed by atoms with Gasteiger partial charge in [-0.2, -0.15) is 0 Å². The Bertz CT molecular complexity index is 1050. The van der Waals surface area contributed by atoms with Gasteiger partial charge in [0, 0.05) is 19.5 Å². The van der Waals surface area contributed by atoms with Gasteiger partial charge in [-0.05, 0) is 57.9 Å². The van der Waals surface area contributed by atoms with Gasteiger partial charge in [-0.15, -0.1) is 0 Å². The predicted octanol–water partition coefficient (Wildman–Crippen LogP) is -5.53. The van der Waals surface area contributed by atoms with Gasteiger partial charge in [0.2, 0.25) is 29.5 Å². The molecule has 256 valence electrons. The van der Waals surface area contributed by atoms with Gasteiger partial charge < -0.3 is 66.5 Å². The van der Waals surface area contributed by atoms with E-state index in [0.29, 0.717) is 19.4 Å². The lowest BCUT2D eigenvalue weighted by Crippen LogP contribution is -2.58. The van der Waals surface area contributed by atoms with Crippen molar-refractivity contribution in [3.8, 4) is 0 Å². The fourth-order valence-corrected chi connectivity index (χ4v) is 3.92. The molecule has 20 heteroatoms. The van der Waals surface area contributed by atoms with E-state index in [4.69, 9.17) is 40.1 Å². The molecule has 0 heterocycles. The van der Waals surface area contributed by atoms with Crippen LogP contribution in [0.1, 0.15) is 57.8 Å². The maximum absolute atomic E-state index is 13.4. The molecule has 20 nitrogen and oxygen atoms in total. The molecule has 5 amide bonds. The molecule has 0 bridgehead atoms. The minimum atomic E-state index is -1.32. The highest BCUT2D eigenvalue weighted by Gasteiger charge is 2.31. The molecule has 0 fully saturated rings. The van der Waals surface area contributed by atoms with Crippen LogP contribution in [0.2, 0.25) is 0 Å². The zero-order chi connectivity index (χ0) is 34.4. The first kappa shape index (κ1) is 40.3. The molecule has 4 atom stereocenters. The van der Waals surface area contributed by atoms with Gasteiger partial charge in [-0.1, -0.05) is 0 Å². The summed E-state index contributed by atoms with van der Waals surface area (Å²) in [5, 5.41) is 19.5. The van der Waals surface area contributed by atoms with Crippen molar-refractivity contribution in [1.29, 1.82) is 0 Å². The molecule has 0 aliphatic heterocycles. The second-order valence-electron chi connectivity index (χ2n) is 10.0. The lowest BCUT2D eigenvalue weighted by atomic mass is 10.0. The van der Waals surface area contributed by atoms with Crippen molar-refractivity contribution in [1.82, 2.24) is 21.3 Å². The number of hydrogen-bond acceptors (Lipinski definition) is 10. The molecule has 0 saturated carbocycles. The van der Waals surface area contributed by atoms with Gasteiger partial charge in [0.05, 0.1) is 6.54 Å². The maximum Gasteiger partial charge on any atom is 0.326 e. The van der Waals surface area contributed by atoms with Crippen LogP contribution >= 0.6 is 0 Å². The van der Waals surface area contributed by atoms with Crippen LogP contribution in [-0.2, 0) is 28.8 Å². The minimum absolute atomic E-state index is 0.00591. The van der Waals surface area contributed by atoms with Crippen LogP contribution in [0.5, 0.6) is 0 Å². The molecule has 0 saturated heterocycles. The Labute approximate surface area is 261 Å². The summed E-state index contributed by atoms with van der Waals surface area (Å²) in [6.45, 7) is 0.133. The van der Waals surface area contributed by atoms with E-state index in [0.717, 1.165) is 0 Å². The summed E-state index contributed by atoms with van der Waals surface area (Å²) in [5.41, 5.74) is 37.4. The van der Waals surface area contributed by atoms with Crippen molar-refractivity contribution in [3.05, 3.63) is 0 Å². The lowest BCUT2D eigenvalue weighted by molar-refractivity contribution is -0.142. The van der Waals surface area contributed by atoms with Crippen LogP contribution in [0, 0.1) is 0 Å². The Morgan fingerprint density at radius 2 is 1.00 bits per heavy atom. The Morgan fingerprint density at radius 1 is 0.578 bits per heavy atom. The Balaban J connectivity index is 5.95. The number of rotatable bonds is 24. The number of carbonyl (C=O) groups is 6. The van der Waals surface area contributed by atoms with Crippen molar-refractivity contribution in [2.45, 2.75) is 82.0 Å². The van der Waals surface area contributed by atoms with Gasteiger partial charge in [0.1, 0.15) is 24.2 Å². The molecule has 0 aliphatic rings. The average Bonchev–Trinajstić information content (AvgIpc) is 2.96. The van der Waals surface area contributed by atoms with Crippen LogP contribution in [0.15, 0.2) is 9.98 Å². The molecule has 0 aliphatic carbocycles. The molecule has 0 aromatic carbocycles. The molecule has 0 spiro atoms. The largest absolute Gasteiger partial charge is 0.480 e. The smallest absolute Gasteiger partial charge is 0.326 e. The molecular weight excluding hydrogens is 594 g/mol. The number of aliphatic imine (C=N–C) groups is 2. The summed E-state index contributed by atoms with van der Waals surface area (Å²) in [6.07, 6.45) is 1.10. The fraction of sp³-hybridized carbons (Fsp3) is 0.680. The van der Waals surface area contributed by atoms with Crippen LogP contribution in [0.4, 0.5) is 0 Å². The Morgan fingerprint density at radius 3 is 1.40 bits per heavy atom. The number of nitrogens with zero attached hydrogens (tertiary/aromatic N) is 2. The van der Waals surface area contributed by atoms with E-state index in [9.17, 15) is 33.9 Å². The van der Waals surface area contributed by atoms with Crippen LogP contribution in [-0.4, -0.2) is 103 Å². The second-order valence-corrected chi connectivity index (χ2v) is 10.0. The van der Waals surface area contributed by atoms with Crippen LogP contribution in [0.3, 0.4) is 0 Å². The highest BCUT2D eigenvalue weighted by Crippen LogP contribution is 2.08. The normalized spacial score (nSPS) is 13.2. The first-order chi connectivity index (χ1) is 21.2.